The van der Waals surface area contributed by atoms with Crippen molar-refractivity contribution in [1.82, 2.24) is 20.3 Å². The summed E-state index contributed by atoms with van der Waals surface area (Å²) < 4.78 is 0. The first-order valence-electron chi connectivity index (χ1n) is 14.4. The topological polar surface area (TPSA) is 171 Å². The van der Waals surface area contributed by atoms with Crippen LogP contribution in [0.4, 0.5) is 0 Å². The zero-order valence-electron chi connectivity index (χ0n) is 25.4. The molecule has 2 aliphatic heterocycles. The van der Waals surface area contributed by atoms with E-state index in [1.165, 1.54) is 0 Å². The van der Waals surface area contributed by atoms with Gasteiger partial charge in [-0.2, -0.15) is 0 Å². The van der Waals surface area contributed by atoms with E-state index in [9.17, 15) is 29.7 Å². The Labute approximate surface area is 253 Å². The van der Waals surface area contributed by atoms with Crippen LogP contribution in [0, 0.1) is 20.8 Å². The predicted octanol–water partition coefficient (Wildman–Crippen LogP) is 3.67. The largest absolute Gasteiger partial charge is 0.481 e. The van der Waals surface area contributed by atoms with E-state index in [1.807, 2.05) is 39.0 Å². The van der Waals surface area contributed by atoms with E-state index in [0.29, 0.717) is 28.2 Å². The highest BCUT2D eigenvalue weighted by molar-refractivity contribution is 6.00. The van der Waals surface area contributed by atoms with Crippen LogP contribution < -0.4 is 16.0 Å². The molecule has 3 aromatic heterocycles. The number of nitrogens with one attached hydrogen (secondary N) is 4. The van der Waals surface area contributed by atoms with E-state index in [4.69, 9.17) is 0 Å². The Kier molecular flexibility index (Phi) is 7.86. The van der Waals surface area contributed by atoms with Gasteiger partial charge in [-0.25, -0.2) is 9.59 Å². The summed E-state index contributed by atoms with van der Waals surface area (Å²) in [5, 5.41) is 34.8. The predicted molar refractivity (Wildman–Crippen MR) is 169 cm³/mol. The van der Waals surface area contributed by atoms with Gasteiger partial charge < -0.3 is 35.6 Å². The molecule has 8 bridgehead atoms. The monoisotopic (exact) mass is 596 g/mol. The summed E-state index contributed by atoms with van der Waals surface area (Å²) in [6, 6.07) is -1.02. The van der Waals surface area contributed by atoms with Gasteiger partial charge in [-0.05, 0) is 92.2 Å². The number of aromatic amines is 3. The van der Waals surface area contributed by atoms with Crippen molar-refractivity contribution in [2.24, 2.45) is 0 Å². The standard InChI is InChI=1S/C34H36N4O6/c1-7-19-15(3)23-12-25-17(5)21(9-10-29(39)40)32(37-25)22(11-30(41)42)33-31(34(43)44)18(6)26(38-33)14-28-20(8-2)16(4)24(36-28)13-27(19)35-23/h7,11-14,33,35-38H,1,8-10H2,2-6H3,(H,39,40)(H,41,42)(H,43,44)/b22-11+,23-12-,26-14-,27-13-. The molecule has 0 radical (unpaired) electrons. The average molecular weight is 597 g/mol. The van der Waals surface area contributed by atoms with Crippen LogP contribution in [-0.4, -0.2) is 54.2 Å². The second kappa shape index (κ2) is 11.4. The third-order valence-electron chi connectivity index (χ3n) is 8.75. The molecule has 5 heterocycles. The lowest BCUT2D eigenvalue weighted by atomic mass is 9.91. The summed E-state index contributed by atoms with van der Waals surface area (Å²) in [6.45, 7) is 13.7. The van der Waals surface area contributed by atoms with E-state index in [0.717, 1.165) is 62.4 Å². The fraction of sp³-hybridized carbons (Fsp3) is 0.265. The number of carboxylic acids is 3. The van der Waals surface area contributed by atoms with Crippen molar-refractivity contribution in [3.63, 3.8) is 0 Å². The fourth-order valence-electron chi connectivity index (χ4n) is 6.40. The molecule has 0 aromatic carbocycles. The van der Waals surface area contributed by atoms with E-state index in [1.54, 1.807) is 13.0 Å². The third-order valence-corrected chi connectivity index (χ3v) is 8.75. The van der Waals surface area contributed by atoms with Crippen LogP contribution in [-0.2, 0) is 27.2 Å². The van der Waals surface area contributed by atoms with Crippen molar-refractivity contribution in [3.8, 4) is 0 Å². The number of H-pyrrole nitrogens is 3. The highest BCUT2D eigenvalue weighted by Crippen LogP contribution is 2.37. The third kappa shape index (κ3) is 5.12. The van der Waals surface area contributed by atoms with Gasteiger partial charge in [0, 0.05) is 62.8 Å². The normalized spacial score (nSPS) is 19.4. The fourth-order valence-corrected chi connectivity index (χ4v) is 6.40. The Balaban J connectivity index is 1.94. The van der Waals surface area contributed by atoms with Crippen LogP contribution in [0.15, 0.2) is 29.5 Å². The summed E-state index contributed by atoms with van der Waals surface area (Å²) in [6.07, 6.45) is 9.27. The van der Waals surface area contributed by atoms with Crippen molar-refractivity contribution in [1.29, 1.82) is 0 Å². The van der Waals surface area contributed by atoms with Crippen LogP contribution in [0.25, 0.3) is 29.9 Å². The van der Waals surface area contributed by atoms with Gasteiger partial charge >= 0.3 is 17.9 Å². The van der Waals surface area contributed by atoms with Gasteiger partial charge in [-0.3, -0.25) is 4.79 Å². The number of aromatic nitrogens is 3. The average Bonchev–Trinajstić information content (AvgIpc) is 3.63. The smallest absolute Gasteiger partial charge is 0.334 e. The number of fused-ring (bicyclic) bond motifs is 8. The van der Waals surface area contributed by atoms with Gasteiger partial charge in [-0.1, -0.05) is 19.6 Å². The number of carbonyl (C=O) groups is 3. The molecule has 44 heavy (non-hydrogen) atoms. The molecule has 0 fully saturated rings. The van der Waals surface area contributed by atoms with Gasteiger partial charge in [0.25, 0.3) is 0 Å². The summed E-state index contributed by atoms with van der Waals surface area (Å²) in [5.74, 6) is -3.44. The van der Waals surface area contributed by atoms with Gasteiger partial charge in [0.05, 0.1) is 11.6 Å². The highest BCUT2D eigenvalue weighted by atomic mass is 16.4. The molecule has 1 atom stereocenters. The van der Waals surface area contributed by atoms with E-state index in [2.05, 4.69) is 33.8 Å². The van der Waals surface area contributed by atoms with Crippen molar-refractivity contribution < 1.29 is 29.7 Å². The van der Waals surface area contributed by atoms with E-state index < -0.39 is 23.9 Å². The molecule has 0 spiro atoms. The van der Waals surface area contributed by atoms with Gasteiger partial charge in [0.2, 0.25) is 0 Å². The maximum absolute atomic E-state index is 12.7. The van der Waals surface area contributed by atoms with E-state index in [-0.39, 0.29) is 24.0 Å². The summed E-state index contributed by atoms with van der Waals surface area (Å²) in [7, 11) is 0. The minimum absolute atomic E-state index is 0.0169. The summed E-state index contributed by atoms with van der Waals surface area (Å²) in [5.41, 5.74) is 9.32. The Morgan fingerprint density at radius 2 is 1.52 bits per heavy atom. The van der Waals surface area contributed by atoms with E-state index >= 15 is 0 Å². The molecule has 0 saturated heterocycles. The molecule has 0 aliphatic carbocycles. The maximum Gasteiger partial charge on any atom is 0.334 e. The lowest BCUT2D eigenvalue weighted by Gasteiger charge is -2.19. The molecule has 228 valence electrons. The number of carboxylic acid groups (broad SMARTS) is 3. The molecule has 3 aromatic rings. The summed E-state index contributed by atoms with van der Waals surface area (Å²) in [4.78, 5) is 46.9. The molecule has 10 nitrogen and oxygen atoms in total. The van der Waals surface area contributed by atoms with Crippen LogP contribution in [0.3, 0.4) is 0 Å². The van der Waals surface area contributed by atoms with Crippen LogP contribution in [0.1, 0.15) is 76.4 Å². The number of allylic oxidation sites excluding steroid dienone is 1. The molecule has 2 aliphatic rings. The quantitative estimate of drug-likeness (QED) is 0.204. The molecule has 5 rings (SSSR count). The lowest BCUT2D eigenvalue weighted by molar-refractivity contribution is -0.137. The van der Waals surface area contributed by atoms with Gasteiger partial charge in [0.1, 0.15) is 0 Å². The first-order chi connectivity index (χ1) is 20.9. The molecule has 10 heteroatoms. The molecule has 0 saturated carbocycles. The number of hydrogen-bond donors (Lipinski definition) is 7. The van der Waals surface area contributed by atoms with Crippen LogP contribution in [0.2, 0.25) is 0 Å². The Hall–Kier alpha value is -5.25. The van der Waals surface area contributed by atoms with Crippen molar-refractivity contribution >= 4 is 47.8 Å². The molecular formula is C34H36N4O6. The second-order valence-corrected chi connectivity index (χ2v) is 11.2. The lowest BCUT2D eigenvalue weighted by Crippen LogP contribution is -2.29. The van der Waals surface area contributed by atoms with Crippen molar-refractivity contribution in [2.75, 3.05) is 0 Å². The van der Waals surface area contributed by atoms with Gasteiger partial charge in [-0.15, -0.1) is 0 Å². The zero-order valence-corrected chi connectivity index (χ0v) is 25.4. The van der Waals surface area contributed by atoms with Crippen LogP contribution >= 0.6 is 0 Å². The second-order valence-electron chi connectivity index (χ2n) is 11.2. The summed E-state index contributed by atoms with van der Waals surface area (Å²) >= 11 is 0. The van der Waals surface area contributed by atoms with Crippen molar-refractivity contribution in [2.45, 2.75) is 59.9 Å². The van der Waals surface area contributed by atoms with Gasteiger partial charge in [0.15, 0.2) is 0 Å². The maximum atomic E-state index is 12.7. The molecular weight excluding hydrogens is 560 g/mol. The first kappa shape index (κ1) is 30.2. The van der Waals surface area contributed by atoms with Crippen molar-refractivity contribution in [3.05, 3.63) is 96.4 Å². The zero-order chi connectivity index (χ0) is 32.0. The highest BCUT2D eigenvalue weighted by Gasteiger charge is 2.36. The SMILES string of the molecule is C=Cc1c(C)/c2[nH]/c1=C\c1[nH]c(c(CC)c1C)/C=C1\NC(C(C(=O)O)=C1C)/C(=C/C(=O)O)c1[nH]c(c(C)c1CCC(=O)O)\C=2. The number of rotatable bonds is 7. The first-order valence-corrected chi connectivity index (χ1v) is 14.4. The Bertz CT molecular complexity index is 1970. The Morgan fingerprint density at radius 1 is 0.864 bits per heavy atom. The molecule has 7 N–H and O–H groups in total. The number of aliphatic carboxylic acids is 3. The molecule has 0 amide bonds. The minimum Gasteiger partial charge on any atom is -0.481 e. The van der Waals surface area contributed by atoms with Crippen LogP contribution in [0.5, 0.6) is 0 Å². The Morgan fingerprint density at radius 3 is 2.14 bits per heavy atom. The number of hydrogen-bond acceptors (Lipinski definition) is 4. The minimum atomic E-state index is -1.26. The molecule has 1 unspecified atom stereocenters.